The van der Waals surface area contributed by atoms with Crippen LogP contribution in [0.2, 0.25) is 0 Å². The molecule has 0 aliphatic carbocycles. The van der Waals surface area contributed by atoms with E-state index in [1.54, 1.807) is 6.07 Å². The molecule has 1 aromatic heterocycles. The van der Waals surface area contributed by atoms with Crippen molar-refractivity contribution < 1.29 is 4.11 Å². The minimum absolute atomic E-state index is 0.216. The van der Waals surface area contributed by atoms with Gasteiger partial charge in [-0.2, -0.15) is 5.10 Å². The topological polar surface area (TPSA) is 17.8 Å². The molecule has 1 aromatic carbocycles. The molecule has 0 bridgehead atoms. The fourth-order valence-corrected chi connectivity index (χ4v) is 1.52. The first kappa shape index (κ1) is 5.43. The molecule has 0 atom stereocenters. The van der Waals surface area contributed by atoms with Gasteiger partial charge < -0.3 is 0 Å². The standard InChI is InChI=1S/C11H14N2/c1-8(2)11-9-6-4-5-7-10(9)13(3)12-11/h4-8H,1-3H3/i3D3. The number of fused-ring (bicyclic) bond motifs is 1. The van der Waals surface area contributed by atoms with Crippen molar-refractivity contribution in [2.75, 3.05) is 0 Å². The highest BCUT2D eigenvalue weighted by Crippen LogP contribution is 2.23. The van der Waals surface area contributed by atoms with E-state index in [1.807, 2.05) is 32.0 Å². The Balaban J connectivity index is 2.77. The summed E-state index contributed by atoms with van der Waals surface area (Å²) >= 11 is 0. The van der Waals surface area contributed by atoms with E-state index in [0.717, 1.165) is 15.8 Å². The van der Waals surface area contributed by atoms with Crippen LogP contribution in [0.4, 0.5) is 0 Å². The fourth-order valence-electron chi connectivity index (χ4n) is 1.52. The third-order valence-corrected chi connectivity index (χ3v) is 2.16. The summed E-state index contributed by atoms with van der Waals surface area (Å²) in [5.74, 6) is 0.216. The largest absolute Gasteiger partial charge is 0.268 e. The Morgan fingerprint density at radius 2 is 2.15 bits per heavy atom. The van der Waals surface area contributed by atoms with Gasteiger partial charge in [0.25, 0.3) is 0 Å². The maximum Gasteiger partial charge on any atom is 0.0728 e. The molecule has 1 heterocycles. The molecular formula is C11H14N2. The van der Waals surface area contributed by atoms with Gasteiger partial charge in [-0.3, -0.25) is 4.68 Å². The van der Waals surface area contributed by atoms with Crippen LogP contribution in [0.1, 0.15) is 29.6 Å². The highest BCUT2D eigenvalue weighted by Gasteiger charge is 2.09. The molecule has 2 heteroatoms. The van der Waals surface area contributed by atoms with E-state index in [2.05, 4.69) is 5.10 Å². The monoisotopic (exact) mass is 177 g/mol. The molecule has 13 heavy (non-hydrogen) atoms. The van der Waals surface area contributed by atoms with Gasteiger partial charge in [-0.25, -0.2) is 0 Å². The highest BCUT2D eigenvalue weighted by atomic mass is 15.3. The number of rotatable bonds is 1. The third-order valence-electron chi connectivity index (χ3n) is 2.16. The van der Waals surface area contributed by atoms with E-state index < -0.39 is 6.98 Å². The van der Waals surface area contributed by atoms with Gasteiger partial charge in [0.05, 0.1) is 11.2 Å². The van der Waals surface area contributed by atoms with Crippen molar-refractivity contribution in [2.24, 2.45) is 6.98 Å². The van der Waals surface area contributed by atoms with Gasteiger partial charge in [-0.15, -0.1) is 0 Å². The van der Waals surface area contributed by atoms with E-state index >= 15 is 0 Å². The van der Waals surface area contributed by atoms with Crippen LogP contribution in [0.25, 0.3) is 10.9 Å². The van der Waals surface area contributed by atoms with Crippen molar-refractivity contribution in [2.45, 2.75) is 19.8 Å². The normalized spacial score (nSPS) is 15.8. The number of nitrogens with zero attached hydrogens (tertiary/aromatic N) is 2. The Labute approximate surface area is 82.4 Å². The number of para-hydroxylation sites is 1. The molecule has 0 unspecified atom stereocenters. The lowest BCUT2D eigenvalue weighted by Gasteiger charge is -1.98. The maximum atomic E-state index is 7.44. The first-order valence-corrected chi connectivity index (χ1v) is 4.39. The molecule has 0 aliphatic heterocycles. The molecule has 2 nitrogen and oxygen atoms in total. The number of benzene rings is 1. The molecule has 0 saturated carbocycles. The summed E-state index contributed by atoms with van der Waals surface area (Å²) < 4.78 is 23.5. The van der Waals surface area contributed by atoms with E-state index in [4.69, 9.17) is 4.11 Å². The quantitative estimate of drug-likeness (QED) is 0.655. The average molecular weight is 177 g/mol. The molecule has 0 radical (unpaired) electrons. The number of hydrogen-bond donors (Lipinski definition) is 0. The highest BCUT2D eigenvalue weighted by molar-refractivity contribution is 5.82. The van der Waals surface area contributed by atoms with Gasteiger partial charge in [0.1, 0.15) is 0 Å². The van der Waals surface area contributed by atoms with Crippen molar-refractivity contribution in [3.8, 4) is 0 Å². The molecule has 0 spiro atoms. The van der Waals surface area contributed by atoms with Gasteiger partial charge in [0, 0.05) is 16.5 Å². The Bertz CT molecular complexity index is 511. The van der Waals surface area contributed by atoms with E-state index in [0.29, 0.717) is 5.52 Å². The molecule has 0 aliphatic rings. The Morgan fingerprint density at radius 3 is 2.85 bits per heavy atom. The second-order valence-electron chi connectivity index (χ2n) is 3.47. The first-order valence-electron chi connectivity index (χ1n) is 5.89. The first-order chi connectivity index (χ1) is 7.41. The Hall–Kier alpha value is -1.31. The van der Waals surface area contributed by atoms with Crippen LogP contribution < -0.4 is 0 Å². The van der Waals surface area contributed by atoms with E-state index in [9.17, 15) is 0 Å². The lowest BCUT2D eigenvalue weighted by atomic mass is 10.1. The lowest BCUT2D eigenvalue weighted by Crippen LogP contribution is -1.92. The zero-order valence-corrected chi connectivity index (χ0v) is 7.78. The van der Waals surface area contributed by atoms with Crippen LogP contribution in [-0.4, -0.2) is 9.78 Å². The third kappa shape index (κ3) is 1.22. The molecule has 2 rings (SSSR count). The van der Waals surface area contributed by atoms with Gasteiger partial charge >= 0.3 is 0 Å². The Morgan fingerprint density at radius 1 is 1.38 bits per heavy atom. The summed E-state index contributed by atoms with van der Waals surface area (Å²) in [5.41, 5.74) is 1.51. The smallest absolute Gasteiger partial charge is 0.0728 e. The molecular weight excluding hydrogens is 160 g/mol. The number of aromatic nitrogens is 2. The van der Waals surface area contributed by atoms with Gasteiger partial charge in [0.15, 0.2) is 0 Å². The molecule has 0 fully saturated rings. The van der Waals surface area contributed by atoms with Crippen molar-refractivity contribution in [1.29, 1.82) is 0 Å². The predicted molar refractivity (Wildman–Crippen MR) is 54.8 cm³/mol. The Kier molecular flexibility index (Phi) is 1.20. The lowest BCUT2D eigenvalue weighted by molar-refractivity contribution is 0.729. The molecule has 0 amide bonds. The summed E-state index contributed by atoms with van der Waals surface area (Å²) in [6.45, 7) is 1.81. The second kappa shape index (κ2) is 2.87. The summed E-state index contributed by atoms with van der Waals surface area (Å²) in [4.78, 5) is 0. The fraction of sp³-hybridized carbons (Fsp3) is 0.364. The van der Waals surface area contributed by atoms with Crippen LogP contribution >= 0.6 is 0 Å². The summed E-state index contributed by atoms with van der Waals surface area (Å²) in [7, 11) is 0. The van der Waals surface area contributed by atoms with Gasteiger partial charge in [-0.05, 0) is 12.0 Å². The predicted octanol–water partition coefficient (Wildman–Crippen LogP) is 2.70. The molecule has 68 valence electrons. The van der Waals surface area contributed by atoms with Crippen LogP contribution in [0.5, 0.6) is 0 Å². The van der Waals surface area contributed by atoms with Crippen LogP contribution in [0.15, 0.2) is 24.3 Å². The summed E-state index contributed by atoms with van der Waals surface area (Å²) in [6.07, 6.45) is 0. The van der Waals surface area contributed by atoms with Crippen LogP contribution in [0, 0.1) is 0 Å². The number of hydrogen-bond acceptors (Lipinski definition) is 1. The SMILES string of the molecule is [2H]C([2H])([2H])n1nc(C(C)C)c2ccccc21. The molecule has 0 saturated heterocycles. The van der Waals surface area contributed by atoms with Crippen molar-refractivity contribution in [3.63, 3.8) is 0 Å². The number of aryl methyl sites for hydroxylation is 1. The molecule has 2 aromatic rings. The van der Waals surface area contributed by atoms with Crippen LogP contribution in [-0.2, 0) is 6.98 Å². The van der Waals surface area contributed by atoms with Gasteiger partial charge in [-0.1, -0.05) is 32.0 Å². The van der Waals surface area contributed by atoms with Crippen molar-refractivity contribution in [3.05, 3.63) is 30.0 Å². The van der Waals surface area contributed by atoms with Gasteiger partial charge in [0.2, 0.25) is 0 Å². The van der Waals surface area contributed by atoms with Crippen molar-refractivity contribution >= 4 is 10.9 Å². The second-order valence-corrected chi connectivity index (χ2v) is 3.47. The summed E-state index contributed by atoms with van der Waals surface area (Å²) in [5, 5.41) is 5.14. The van der Waals surface area contributed by atoms with E-state index in [-0.39, 0.29) is 5.92 Å². The minimum Gasteiger partial charge on any atom is -0.268 e. The zero-order valence-electron chi connectivity index (χ0n) is 10.8. The average Bonchev–Trinajstić information content (AvgIpc) is 2.56. The van der Waals surface area contributed by atoms with Crippen molar-refractivity contribution in [1.82, 2.24) is 9.78 Å². The van der Waals surface area contributed by atoms with Crippen LogP contribution in [0.3, 0.4) is 0 Å². The maximum absolute atomic E-state index is 7.44. The minimum atomic E-state index is -2.22. The zero-order chi connectivity index (χ0) is 11.9. The molecule has 0 N–H and O–H groups in total. The summed E-state index contributed by atoms with van der Waals surface area (Å²) in [6, 6.07) is 7.44. The van der Waals surface area contributed by atoms with E-state index in [1.165, 1.54) is 0 Å².